The summed E-state index contributed by atoms with van der Waals surface area (Å²) in [4.78, 5) is 14.5. The minimum absolute atomic E-state index is 0.328. The molecular weight excluding hydrogens is 338 g/mol. The van der Waals surface area contributed by atoms with Crippen LogP contribution in [0.2, 0.25) is 0 Å². The van der Waals surface area contributed by atoms with E-state index in [2.05, 4.69) is 36.8 Å². The second-order valence-corrected chi connectivity index (χ2v) is 4.97. The van der Waals surface area contributed by atoms with E-state index in [1.807, 2.05) is 12.1 Å². The fraction of sp³-hybridized carbons (Fsp3) is 0.182. The van der Waals surface area contributed by atoms with E-state index >= 15 is 0 Å². The number of hydrogen-bond donors (Lipinski definition) is 1. The highest BCUT2D eigenvalue weighted by Crippen LogP contribution is 2.28. The molecule has 1 heterocycles. The molecule has 0 amide bonds. The van der Waals surface area contributed by atoms with Crippen LogP contribution in [-0.2, 0) is 4.74 Å². The highest BCUT2D eigenvalue weighted by Gasteiger charge is 2.11. The van der Waals surface area contributed by atoms with Crippen molar-refractivity contribution in [3.05, 3.63) is 32.8 Å². The SMILES string of the molecule is CCOC(=O)c1cc2cc(Br)c(Br)cc2[nH]1. The zero-order valence-corrected chi connectivity index (χ0v) is 11.7. The number of ether oxygens (including phenoxy) is 1. The third-order valence-corrected chi connectivity index (χ3v) is 4.00. The van der Waals surface area contributed by atoms with Gasteiger partial charge in [-0.1, -0.05) is 0 Å². The topological polar surface area (TPSA) is 42.1 Å². The van der Waals surface area contributed by atoms with E-state index in [0.29, 0.717) is 12.3 Å². The summed E-state index contributed by atoms with van der Waals surface area (Å²) in [6, 6.07) is 5.64. The quantitative estimate of drug-likeness (QED) is 0.839. The molecule has 1 aromatic carbocycles. The molecule has 0 fully saturated rings. The summed E-state index contributed by atoms with van der Waals surface area (Å²) < 4.78 is 6.82. The lowest BCUT2D eigenvalue weighted by Crippen LogP contribution is -2.04. The van der Waals surface area contributed by atoms with Gasteiger partial charge in [0.1, 0.15) is 5.69 Å². The van der Waals surface area contributed by atoms with E-state index in [1.165, 1.54) is 0 Å². The van der Waals surface area contributed by atoms with Crippen molar-refractivity contribution in [1.82, 2.24) is 4.98 Å². The molecule has 1 N–H and O–H groups in total. The van der Waals surface area contributed by atoms with Crippen LogP contribution in [0.25, 0.3) is 10.9 Å². The van der Waals surface area contributed by atoms with Gasteiger partial charge in [-0.05, 0) is 57.0 Å². The molecular formula is C11H9Br2NO2. The lowest BCUT2D eigenvalue weighted by molar-refractivity contribution is 0.0520. The molecule has 0 aliphatic carbocycles. The molecule has 0 unspecified atom stereocenters. The number of rotatable bonds is 2. The molecule has 0 radical (unpaired) electrons. The van der Waals surface area contributed by atoms with Crippen molar-refractivity contribution in [1.29, 1.82) is 0 Å². The van der Waals surface area contributed by atoms with Gasteiger partial charge in [0.2, 0.25) is 0 Å². The summed E-state index contributed by atoms with van der Waals surface area (Å²) in [5, 5.41) is 0.970. The Balaban J connectivity index is 2.48. The van der Waals surface area contributed by atoms with Gasteiger partial charge in [0, 0.05) is 19.8 Å². The Bertz CT molecular complexity index is 509. The number of esters is 1. The first-order valence-corrected chi connectivity index (χ1v) is 6.35. The molecule has 1 aromatic heterocycles. The maximum atomic E-state index is 11.5. The van der Waals surface area contributed by atoms with E-state index in [-0.39, 0.29) is 5.97 Å². The van der Waals surface area contributed by atoms with Crippen molar-refractivity contribution in [3.8, 4) is 0 Å². The monoisotopic (exact) mass is 345 g/mol. The van der Waals surface area contributed by atoms with Crippen LogP contribution in [0.15, 0.2) is 27.1 Å². The van der Waals surface area contributed by atoms with Crippen molar-refractivity contribution in [3.63, 3.8) is 0 Å². The van der Waals surface area contributed by atoms with Crippen LogP contribution in [0.1, 0.15) is 17.4 Å². The smallest absolute Gasteiger partial charge is 0.354 e. The van der Waals surface area contributed by atoms with Crippen molar-refractivity contribution in [2.75, 3.05) is 6.61 Å². The normalized spacial score (nSPS) is 10.7. The maximum absolute atomic E-state index is 11.5. The van der Waals surface area contributed by atoms with Gasteiger partial charge in [0.15, 0.2) is 0 Å². The highest BCUT2D eigenvalue weighted by atomic mass is 79.9. The second kappa shape index (κ2) is 4.59. The fourth-order valence-electron chi connectivity index (χ4n) is 1.45. The van der Waals surface area contributed by atoms with Crippen LogP contribution < -0.4 is 0 Å². The lowest BCUT2D eigenvalue weighted by Gasteiger charge is -1.97. The van der Waals surface area contributed by atoms with Crippen LogP contribution in [0.5, 0.6) is 0 Å². The highest BCUT2D eigenvalue weighted by molar-refractivity contribution is 9.13. The molecule has 84 valence electrons. The first-order chi connectivity index (χ1) is 7.61. The maximum Gasteiger partial charge on any atom is 0.354 e. The van der Waals surface area contributed by atoms with E-state index in [1.54, 1.807) is 13.0 Å². The van der Waals surface area contributed by atoms with Gasteiger partial charge in [-0.25, -0.2) is 4.79 Å². The predicted octanol–water partition coefficient (Wildman–Crippen LogP) is 3.87. The molecule has 0 bridgehead atoms. The Morgan fingerprint density at radius 1 is 1.31 bits per heavy atom. The number of carbonyl (C=O) groups excluding carboxylic acids is 1. The van der Waals surface area contributed by atoms with Crippen LogP contribution in [-0.4, -0.2) is 17.6 Å². The molecule has 0 saturated carbocycles. The molecule has 0 spiro atoms. The standard InChI is InChI=1S/C11H9Br2NO2/c1-2-16-11(15)10-4-6-3-7(12)8(13)5-9(6)14-10/h3-5,14H,2H2,1H3. The number of nitrogens with one attached hydrogen (secondary N) is 1. The Hall–Kier alpha value is -0.810. The van der Waals surface area contributed by atoms with E-state index in [0.717, 1.165) is 19.8 Å². The number of halogens is 2. The minimum atomic E-state index is -0.328. The molecule has 0 aliphatic rings. The van der Waals surface area contributed by atoms with Crippen molar-refractivity contribution < 1.29 is 9.53 Å². The Labute approximate surface area is 109 Å². The molecule has 16 heavy (non-hydrogen) atoms. The largest absolute Gasteiger partial charge is 0.461 e. The van der Waals surface area contributed by atoms with Gasteiger partial charge in [0.05, 0.1) is 6.61 Å². The third-order valence-electron chi connectivity index (χ3n) is 2.16. The van der Waals surface area contributed by atoms with E-state index in [4.69, 9.17) is 4.74 Å². The van der Waals surface area contributed by atoms with Gasteiger partial charge in [-0.15, -0.1) is 0 Å². The second-order valence-electron chi connectivity index (χ2n) is 3.26. The average molecular weight is 347 g/mol. The molecule has 0 atom stereocenters. The van der Waals surface area contributed by atoms with Crippen molar-refractivity contribution >= 4 is 48.7 Å². The molecule has 2 aromatic rings. The number of benzene rings is 1. The van der Waals surface area contributed by atoms with Gasteiger partial charge in [-0.2, -0.15) is 0 Å². The number of fused-ring (bicyclic) bond motifs is 1. The van der Waals surface area contributed by atoms with Gasteiger partial charge >= 0.3 is 5.97 Å². The van der Waals surface area contributed by atoms with Gasteiger partial charge in [-0.3, -0.25) is 0 Å². The molecule has 2 rings (SSSR count). The summed E-state index contributed by atoms with van der Waals surface area (Å²) in [6.07, 6.45) is 0. The van der Waals surface area contributed by atoms with Crippen LogP contribution in [0.4, 0.5) is 0 Å². The summed E-state index contributed by atoms with van der Waals surface area (Å²) >= 11 is 6.83. The predicted molar refractivity (Wildman–Crippen MR) is 69.7 cm³/mol. The van der Waals surface area contributed by atoms with Crippen LogP contribution >= 0.6 is 31.9 Å². The molecule has 0 aliphatic heterocycles. The lowest BCUT2D eigenvalue weighted by atomic mass is 10.2. The van der Waals surface area contributed by atoms with Gasteiger partial charge in [0.25, 0.3) is 0 Å². The zero-order valence-electron chi connectivity index (χ0n) is 8.51. The van der Waals surface area contributed by atoms with Gasteiger partial charge < -0.3 is 9.72 Å². The fourth-order valence-corrected chi connectivity index (χ4v) is 2.15. The van der Waals surface area contributed by atoms with Crippen molar-refractivity contribution in [2.24, 2.45) is 0 Å². The number of H-pyrrole nitrogens is 1. The first-order valence-electron chi connectivity index (χ1n) is 4.76. The Kier molecular flexibility index (Phi) is 3.35. The number of aromatic nitrogens is 1. The first kappa shape index (κ1) is 11.7. The molecule has 5 heteroatoms. The average Bonchev–Trinajstić information content (AvgIpc) is 2.62. The Morgan fingerprint density at radius 3 is 2.69 bits per heavy atom. The Morgan fingerprint density at radius 2 is 2.00 bits per heavy atom. The van der Waals surface area contributed by atoms with E-state index < -0.39 is 0 Å². The van der Waals surface area contributed by atoms with E-state index in [9.17, 15) is 4.79 Å². The van der Waals surface area contributed by atoms with Crippen LogP contribution in [0, 0.1) is 0 Å². The number of aromatic amines is 1. The summed E-state index contributed by atoms with van der Waals surface area (Å²) in [5.41, 5.74) is 1.37. The number of carbonyl (C=O) groups is 1. The summed E-state index contributed by atoms with van der Waals surface area (Å²) in [6.45, 7) is 2.16. The zero-order chi connectivity index (χ0) is 11.7. The minimum Gasteiger partial charge on any atom is -0.461 e. The van der Waals surface area contributed by atoms with Crippen molar-refractivity contribution in [2.45, 2.75) is 6.92 Å². The third kappa shape index (κ3) is 2.15. The summed E-state index contributed by atoms with van der Waals surface area (Å²) in [5.74, 6) is -0.328. The summed E-state index contributed by atoms with van der Waals surface area (Å²) in [7, 11) is 0. The molecule has 0 saturated heterocycles. The molecule has 3 nitrogen and oxygen atoms in total. The van der Waals surface area contributed by atoms with Crippen LogP contribution in [0.3, 0.4) is 0 Å². The number of hydrogen-bond acceptors (Lipinski definition) is 2.